The van der Waals surface area contributed by atoms with Gasteiger partial charge in [-0.25, -0.2) is 4.79 Å². The van der Waals surface area contributed by atoms with Gasteiger partial charge in [0.2, 0.25) is 0 Å². The number of hydrogen-bond donors (Lipinski definition) is 2. The van der Waals surface area contributed by atoms with Crippen LogP contribution in [0.2, 0.25) is 0 Å². The molecule has 2 rings (SSSR count). The molecule has 2 N–H and O–H groups in total. The molecule has 0 bridgehead atoms. The monoisotopic (exact) mass is 376 g/mol. The zero-order chi connectivity index (χ0) is 18.9. The van der Waals surface area contributed by atoms with Gasteiger partial charge in [0.05, 0.1) is 17.0 Å². The highest BCUT2D eigenvalue weighted by Gasteiger charge is 2.19. The molecule has 138 valence electrons. The minimum atomic E-state index is -0.941. The second kappa shape index (κ2) is 9.69. The van der Waals surface area contributed by atoms with Gasteiger partial charge in [0.15, 0.2) is 6.10 Å². The van der Waals surface area contributed by atoms with Gasteiger partial charge in [-0.05, 0) is 36.6 Å². The van der Waals surface area contributed by atoms with Crippen LogP contribution in [0.15, 0.2) is 41.8 Å². The number of amides is 2. The molecule has 0 aliphatic heterocycles. The van der Waals surface area contributed by atoms with Crippen LogP contribution >= 0.6 is 11.3 Å². The molecular formula is C18H20N2O5S. The molecule has 0 spiro atoms. The lowest BCUT2D eigenvalue weighted by Crippen LogP contribution is -2.37. The van der Waals surface area contributed by atoms with E-state index in [4.69, 9.17) is 9.47 Å². The molecule has 8 heteroatoms. The number of methoxy groups -OCH3 is 1. The van der Waals surface area contributed by atoms with Gasteiger partial charge in [-0.3, -0.25) is 9.59 Å². The third kappa shape index (κ3) is 5.68. The van der Waals surface area contributed by atoms with Gasteiger partial charge in [0, 0.05) is 19.3 Å². The lowest BCUT2D eigenvalue weighted by Gasteiger charge is -2.13. The summed E-state index contributed by atoms with van der Waals surface area (Å²) in [5.74, 6) is -1.31. The molecule has 7 nitrogen and oxygen atoms in total. The Kier molecular flexibility index (Phi) is 7.31. The topological polar surface area (TPSA) is 93.7 Å². The summed E-state index contributed by atoms with van der Waals surface area (Å²) in [4.78, 5) is 36.7. The van der Waals surface area contributed by atoms with Crippen molar-refractivity contribution in [2.45, 2.75) is 13.0 Å². The molecule has 0 unspecified atom stereocenters. The maximum Gasteiger partial charge on any atom is 0.338 e. The number of esters is 1. The Bertz CT molecular complexity index is 761. The first-order valence-corrected chi connectivity index (χ1v) is 8.81. The van der Waals surface area contributed by atoms with Crippen molar-refractivity contribution in [1.29, 1.82) is 0 Å². The number of carbonyl (C=O) groups is 3. The van der Waals surface area contributed by atoms with Gasteiger partial charge >= 0.3 is 5.97 Å². The number of rotatable bonds is 8. The SMILES string of the molecule is COCCNC(=O)[C@@H](C)OC(=O)c1cccc(NC(=O)c2cccs2)c1. The summed E-state index contributed by atoms with van der Waals surface area (Å²) in [6.45, 7) is 2.20. The highest BCUT2D eigenvalue weighted by atomic mass is 32.1. The molecule has 0 aliphatic carbocycles. The van der Waals surface area contributed by atoms with Crippen molar-refractivity contribution in [1.82, 2.24) is 5.32 Å². The zero-order valence-electron chi connectivity index (χ0n) is 14.5. The van der Waals surface area contributed by atoms with Crippen LogP contribution in [0.4, 0.5) is 5.69 Å². The smallest absolute Gasteiger partial charge is 0.338 e. The molecule has 1 aromatic carbocycles. The van der Waals surface area contributed by atoms with E-state index in [0.29, 0.717) is 23.7 Å². The quantitative estimate of drug-likeness (QED) is 0.545. The second-order valence-electron chi connectivity index (χ2n) is 5.34. The molecule has 0 aliphatic rings. The number of thiophene rings is 1. The van der Waals surface area contributed by atoms with E-state index in [2.05, 4.69) is 10.6 Å². The first-order valence-electron chi connectivity index (χ1n) is 7.94. The molecular weight excluding hydrogens is 356 g/mol. The average molecular weight is 376 g/mol. The molecule has 2 amide bonds. The van der Waals surface area contributed by atoms with E-state index in [1.807, 2.05) is 5.38 Å². The van der Waals surface area contributed by atoms with Crippen molar-refractivity contribution in [2.75, 3.05) is 25.6 Å². The Hall–Kier alpha value is -2.71. The van der Waals surface area contributed by atoms with E-state index in [0.717, 1.165) is 0 Å². The van der Waals surface area contributed by atoms with E-state index in [-0.39, 0.29) is 11.5 Å². The molecule has 0 saturated carbocycles. The number of nitrogens with one attached hydrogen (secondary N) is 2. The van der Waals surface area contributed by atoms with Crippen LogP contribution in [0.5, 0.6) is 0 Å². The standard InChI is InChI=1S/C18H20N2O5S/c1-12(16(21)19-8-9-24-2)25-18(23)13-5-3-6-14(11-13)20-17(22)15-7-4-10-26-15/h3-7,10-12H,8-9H2,1-2H3,(H,19,21)(H,20,22)/t12-/m1/s1. The first kappa shape index (κ1) is 19.6. The summed E-state index contributed by atoms with van der Waals surface area (Å²) >= 11 is 1.32. The van der Waals surface area contributed by atoms with E-state index in [1.165, 1.54) is 31.4 Å². The summed E-state index contributed by atoms with van der Waals surface area (Å²) in [5.41, 5.74) is 0.709. The summed E-state index contributed by atoms with van der Waals surface area (Å²) in [5, 5.41) is 7.12. The van der Waals surface area contributed by atoms with Crippen LogP contribution in [0.3, 0.4) is 0 Å². The molecule has 26 heavy (non-hydrogen) atoms. The highest BCUT2D eigenvalue weighted by Crippen LogP contribution is 2.16. The van der Waals surface area contributed by atoms with Gasteiger partial charge in [-0.2, -0.15) is 0 Å². The maximum absolute atomic E-state index is 12.2. The third-order valence-electron chi connectivity index (χ3n) is 3.36. The fraction of sp³-hybridized carbons (Fsp3) is 0.278. The number of benzene rings is 1. The van der Waals surface area contributed by atoms with Crippen molar-refractivity contribution in [2.24, 2.45) is 0 Å². The minimum Gasteiger partial charge on any atom is -0.449 e. The van der Waals surface area contributed by atoms with Crippen molar-refractivity contribution in [3.8, 4) is 0 Å². The summed E-state index contributed by atoms with van der Waals surface area (Å²) in [7, 11) is 1.53. The van der Waals surface area contributed by atoms with Gasteiger partial charge in [0.1, 0.15) is 0 Å². The van der Waals surface area contributed by atoms with Crippen LogP contribution < -0.4 is 10.6 Å². The van der Waals surface area contributed by atoms with Gasteiger partial charge in [0.25, 0.3) is 11.8 Å². The Labute approximate surface area is 155 Å². The van der Waals surface area contributed by atoms with Crippen LogP contribution in [-0.2, 0) is 14.3 Å². The predicted molar refractivity (Wildman–Crippen MR) is 98.5 cm³/mol. The van der Waals surface area contributed by atoms with Crippen LogP contribution in [0, 0.1) is 0 Å². The number of ether oxygens (including phenoxy) is 2. The Balaban J connectivity index is 1.94. The maximum atomic E-state index is 12.2. The Morgan fingerprint density at radius 2 is 2.00 bits per heavy atom. The van der Waals surface area contributed by atoms with Gasteiger partial charge < -0.3 is 20.1 Å². The van der Waals surface area contributed by atoms with Gasteiger partial charge in [-0.15, -0.1) is 11.3 Å². The summed E-state index contributed by atoms with van der Waals surface area (Å²) in [6, 6.07) is 9.85. The van der Waals surface area contributed by atoms with Crippen molar-refractivity contribution >= 4 is 34.8 Å². The molecule has 0 saturated heterocycles. The highest BCUT2D eigenvalue weighted by molar-refractivity contribution is 7.12. The summed E-state index contributed by atoms with van der Waals surface area (Å²) < 4.78 is 10.00. The van der Waals surface area contributed by atoms with Crippen molar-refractivity contribution in [3.63, 3.8) is 0 Å². The number of anilines is 1. The fourth-order valence-electron chi connectivity index (χ4n) is 2.03. The van der Waals surface area contributed by atoms with Crippen LogP contribution in [0.25, 0.3) is 0 Å². The fourth-order valence-corrected chi connectivity index (χ4v) is 2.65. The van der Waals surface area contributed by atoms with E-state index in [9.17, 15) is 14.4 Å². The van der Waals surface area contributed by atoms with E-state index in [1.54, 1.807) is 30.3 Å². The normalized spacial score (nSPS) is 11.5. The zero-order valence-corrected chi connectivity index (χ0v) is 15.3. The molecule has 1 aromatic heterocycles. The van der Waals surface area contributed by atoms with Gasteiger partial charge in [-0.1, -0.05) is 12.1 Å². The van der Waals surface area contributed by atoms with Crippen molar-refractivity contribution < 1.29 is 23.9 Å². The van der Waals surface area contributed by atoms with Crippen molar-refractivity contribution in [3.05, 3.63) is 52.2 Å². The lowest BCUT2D eigenvalue weighted by molar-refractivity contribution is -0.129. The molecule has 1 atom stereocenters. The van der Waals surface area contributed by atoms with Crippen LogP contribution in [0.1, 0.15) is 27.0 Å². The van der Waals surface area contributed by atoms with Crippen LogP contribution in [-0.4, -0.2) is 44.1 Å². The second-order valence-corrected chi connectivity index (χ2v) is 6.29. The largest absolute Gasteiger partial charge is 0.449 e. The lowest BCUT2D eigenvalue weighted by atomic mass is 10.2. The predicted octanol–water partition coefficient (Wildman–Crippen LogP) is 2.31. The minimum absolute atomic E-state index is 0.241. The number of hydrogen-bond acceptors (Lipinski definition) is 6. The first-order chi connectivity index (χ1) is 12.5. The molecule has 1 heterocycles. The summed E-state index contributed by atoms with van der Waals surface area (Å²) in [6.07, 6.45) is -0.941. The number of carbonyl (C=O) groups excluding carboxylic acids is 3. The molecule has 0 radical (unpaired) electrons. The molecule has 0 fully saturated rings. The Morgan fingerprint density at radius 3 is 2.69 bits per heavy atom. The van der Waals surface area contributed by atoms with E-state index < -0.39 is 18.0 Å². The van der Waals surface area contributed by atoms with E-state index >= 15 is 0 Å². The third-order valence-corrected chi connectivity index (χ3v) is 4.23. The molecule has 2 aromatic rings. The Morgan fingerprint density at radius 1 is 1.19 bits per heavy atom. The average Bonchev–Trinajstić information content (AvgIpc) is 3.16.